The first-order valence-corrected chi connectivity index (χ1v) is 6.75. The van der Waals surface area contributed by atoms with Crippen LogP contribution in [0, 0.1) is 10.1 Å². The zero-order valence-electron chi connectivity index (χ0n) is 11.8. The first-order chi connectivity index (χ1) is 10.6. The molecular formula is C14H16N4O4. The first-order valence-electron chi connectivity index (χ1n) is 6.75. The lowest BCUT2D eigenvalue weighted by Crippen LogP contribution is -2.14. The maximum absolute atomic E-state index is 11.8. The van der Waals surface area contributed by atoms with E-state index in [-0.39, 0.29) is 31.2 Å². The molecule has 2 aromatic rings. The number of aliphatic hydroxyl groups excluding tert-OH is 1. The minimum absolute atomic E-state index is 0.0850. The summed E-state index contributed by atoms with van der Waals surface area (Å²) in [6.45, 7) is 0.351. The molecule has 0 aliphatic carbocycles. The number of nitrogens with zero attached hydrogens (tertiary/aromatic N) is 3. The van der Waals surface area contributed by atoms with E-state index in [1.807, 2.05) is 12.1 Å². The van der Waals surface area contributed by atoms with E-state index in [0.717, 1.165) is 11.8 Å². The monoisotopic (exact) mass is 304 g/mol. The fourth-order valence-corrected chi connectivity index (χ4v) is 1.89. The topological polar surface area (TPSA) is 110 Å². The number of amides is 1. The van der Waals surface area contributed by atoms with E-state index in [4.69, 9.17) is 5.11 Å². The molecule has 2 N–H and O–H groups in total. The number of rotatable bonds is 7. The summed E-state index contributed by atoms with van der Waals surface area (Å²) in [4.78, 5) is 21.8. The maximum atomic E-state index is 11.8. The average molecular weight is 304 g/mol. The zero-order valence-corrected chi connectivity index (χ0v) is 11.8. The van der Waals surface area contributed by atoms with Crippen molar-refractivity contribution in [3.63, 3.8) is 0 Å². The molecule has 1 aromatic heterocycles. The van der Waals surface area contributed by atoms with E-state index in [1.165, 1.54) is 10.9 Å². The number of anilines is 1. The van der Waals surface area contributed by atoms with Gasteiger partial charge in [-0.05, 0) is 24.1 Å². The van der Waals surface area contributed by atoms with Gasteiger partial charge in [0.15, 0.2) is 0 Å². The molecule has 8 heteroatoms. The van der Waals surface area contributed by atoms with Crippen molar-refractivity contribution in [1.82, 2.24) is 9.78 Å². The van der Waals surface area contributed by atoms with Crippen LogP contribution in [0.15, 0.2) is 36.7 Å². The normalized spacial score (nSPS) is 10.4. The quantitative estimate of drug-likeness (QED) is 0.592. The Morgan fingerprint density at radius 3 is 2.68 bits per heavy atom. The van der Waals surface area contributed by atoms with Crippen molar-refractivity contribution < 1.29 is 14.8 Å². The Morgan fingerprint density at radius 2 is 2.09 bits per heavy atom. The molecule has 0 saturated heterocycles. The summed E-state index contributed by atoms with van der Waals surface area (Å²) in [6, 6.07) is 7.20. The Morgan fingerprint density at radius 1 is 1.36 bits per heavy atom. The second-order valence-electron chi connectivity index (χ2n) is 4.69. The van der Waals surface area contributed by atoms with Gasteiger partial charge < -0.3 is 10.4 Å². The molecule has 1 aromatic carbocycles. The van der Waals surface area contributed by atoms with Crippen molar-refractivity contribution in [2.45, 2.75) is 19.4 Å². The summed E-state index contributed by atoms with van der Waals surface area (Å²) < 4.78 is 1.36. The Bertz CT molecular complexity index is 651. The molecule has 0 fully saturated rings. The number of hydrogen-bond acceptors (Lipinski definition) is 5. The van der Waals surface area contributed by atoms with Gasteiger partial charge in [0.2, 0.25) is 5.91 Å². The number of nitrogens with one attached hydrogen (secondary N) is 1. The van der Waals surface area contributed by atoms with Crippen LogP contribution in [0.1, 0.15) is 12.0 Å². The largest absolute Gasteiger partial charge is 0.396 e. The van der Waals surface area contributed by atoms with Crippen LogP contribution in [0.25, 0.3) is 0 Å². The lowest BCUT2D eigenvalue weighted by atomic mass is 10.1. The average Bonchev–Trinajstić information content (AvgIpc) is 2.97. The SMILES string of the molecule is O=C(CCn1cc([N+](=O)[O-])cn1)Nc1ccc(CCO)cc1. The van der Waals surface area contributed by atoms with Gasteiger partial charge in [-0.15, -0.1) is 0 Å². The van der Waals surface area contributed by atoms with Crippen LogP contribution >= 0.6 is 0 Å². The van der Waals surface area contributed by atoms with E-state index >= 15 is 0 Å². The van der Waals surface area contributed by atoms with Gasteiger partial charge in [0.25, 0.3) is 0 Å². The molecule has 2 rings (SSSR count). The van der Waals surface area contributed by atoms with Crippen LogP contribution in [0.2, 0.25) is 0 Å². The van der Waals surface area contributed by atoms with E-state index < -0.39 is 4.92 Å². The summed E-state index contributed by atoms with van der Waals surface area (Å²) in [7, 11) is 0. The highest BCUT2D eigenvalue weighted by atomic mass is 16.6. The Balaban J connectivity index is 1.83. The summed E-state index contributed by atoms with van der Waals surface area (Å²) in [6.07, 6.45) is 3.18. The lowest BCUT2D eigenvalue weighted by Gasteiger charge is -2.06. The van der Waals surface area contributed by atoms with Gasteiger partial charge in [-0.1, -0.05) is 12.1 Å². The molecule has 1 heterocycles. The molecular weight excluding hydrogens is 288 g/mol. The van der Waals surface area contributed by atoms with Gasteiger partial charge in [0.1, 0.15) is 12.4 Å². The molecule has 8 nitrogen and oxygen atoms in total. The molecule has 0 unspecified atom stereocenters. The lowest BCUT2D eigenvalue weighted by molar-refractivity contribution is -0.385. The van der Waals surface area contributed by atoms with Crippen molar-refractivity contribution in [3.8, 4) is 0 Å². The van der Waals surface area contributed by atoms with Crippen molar-refractivity contribution in [3.05, 3.63) is 52.3 Å². The van der Waals surface area contributed by atoms with Crippen molar-refractivity contribution in [2.24, 2.45) is 0 Å². The second kappa shape index (κ2) is 7.32. The minimum Gasteiger partial charge on any atom is -0.396 e. The Hall–Kier alpha value is -2.74. The molecule has 0 aliphatic heterocycles. The van der Waals surface area contributed by atoms with Crippen LogP contribution in [-0.4, -0.2) is 32.3 Å². The minimum atomic E-state index is -0.530. The fraction of sp³-hybridized carbons (Fsp3) is 0.286. The first kappa shape index (κ1) is 15.6. The highest BCUT2D eigenvalue weighted by Gasteiger charge is 2.10. The number of aryl methyl sites for hydroxylation is 1. The van der Waals surface area contributed by atoms with Crippen molar-refractivity contribution in [2.75, 3.05) is 11.9 Å². The second-order valence-corrected chi connectivity index (χ2v) is 4.69. The summed E-state index contributed by atoms with van der Waals surface area (Å²) >= 11 is 0. The predicted molar refractivity (Wildman–Crippen MR) is 79.4 cm³/mol. The number of nitro groups is 1. The third-order valence-corrected chi connectivity index (χ3v) is 3.04. The van der Waals surface area contributed by atoms with Crippen molar-refractivity contribution in [1.29, 1.82) is 0 Å². The Labute approximate surface area is 126 Å². The van der Waals surface area contributed by atoms with E-state index in [2.05, 4.69) is 10.4 Å². The highest BCUT2D eigenvalue weighted by Crippen LogP contribution is 2.11. The molecule has 0 saturated carbocycles. The number of aliphatic hydroxyl groups is 1. The maximum Gasteiger partial charge on any atom is 0.306 e. The molecule has 0 bridgehead atoms. The van der Waals surface area contributed by atoms with Gasteiger partial charge in [-0.3, -0.25) is 19.6 Å². The zero-order chi connectivity index (χ0) is 15.9. The standard InChI is InChI=1S/C14H16N4O4/c19-8-6-11-1-3-12(4-2-11)16-14(20)5-7-17-10-13(9-15-17)18(21)22/h1-4,9-10,19H,5-8H2,(H,16,20). The van der Waals surface area contributed by atoms with Crippen LogP contribution in [-0.2, 0) is 17.8 Å². The third kappa shape index (κ3) is 4.38. The van der Waals surface area contributed by atoms with E-state index in [1.54, 1.807) is 12.1 Å². The Kier molecular flexibility index (Phi) is 5.21. The van der Waals surface area contributed by atoms with Gasteiger partial charge in [-0.2, -0.15) is 5.10 Å². The molecule has 0 radical (unpaired) electrons. The van der Waals surface area contributed by atoms with E-state index in [0.29, 0.717) is 12.1 Å². The van der Waals surface area contributed by atoms with Crippen LogP contribution in [0.3, 0.4) is 0 Å². The highest BCUT2D eigenvalue weighted by molar-refractivity contribution is 5.90. The summed E-state index contributed by atoms with van der Waals surface area (Å²) in [5.74, 6) is -0.201. The summed E-state index contributed by atoms with van der Waals surface area (Å²) in [5, 5.41) is 25.9. The van der Waals surface area contributed by atoms with Gasteiger partial charge in [0, 0.05) is 25.3 Å². The number of hydrogen-bond donors (Lipinski definition) is 2. The number of benzene rings is 1. The van der Waals surface area contributed by atoms with Crippen LogP contribution in [0.5, 0.6) is 0 Å². The van der Waals surface area contributed by atoms with E-state index in [9.17, 15) is 14.9 Å². The number of carbonyl (C=O) groups is 1. The van der Waals surface area contributed by atoms with Gasteiger partial charge in [-0.25, -0.2) is 0 Å². The number of aromatic nitrogens is 2. The molecule has 0 spiro atoms. The number of carbonyl (C=O) groups excluding carboxylic acids is 1. The summed E-state index contributed by atoms with van der Waals surface area (Å²) in [5.41, 5.74) is 1.56. The smallest absolute Gasteiger partial charge is 0.306 e. The van der Waals surface area contributed by atoms with Crippen LogP contribution in [0.4, 0.5) is 11.4 Å². The molecule has 0 atom stereocenters. The predicted octanol–water partition coefficient (Wildman–Crippen LogP) is 1.35. The van der Waals surface area contributed by atoms with Gasteiger partial charge >= 0.3 is 5.69 Å². The van der Waals surface area contributed by atoms with Gasteiger partial charge in [0.05, 0.1) is 4.92 Å². The molecule has 1 amide bonds. The third-order valence-electron chi connectivity index (χ3n) is 3.04. The van der Waals surface area contributed by atoms with Crippen molar-refractivity contribution >= 4 is 17.3 Å². The molecule has 116 valence electrons. The molecule has 22 heavy (non-hydrogen) atoms. The molecule has 0 aliphatic rings. The van der Waals surface area contributed by atoms with Crippen LogP contribution < -0.4 is 5.32 Å². The fourth-order valence-electron chi connectivity index (χ4n) is 1.89.